The van der Waals surface area contributed by atoms with E-state index in [2.05, 4.69) is 20.8 Å². The Morgan fingerprint density at radius 3 is 2.65 bits per heavy atom. The van der Waals surface area contributed by atoms with Crippen molar-refractivity contribution in [2.75, 3.05) is 6.54 Å². The van der Waals surface area contributed by atoms with Crippen molar-refractivity contribution in [1.29, 1.82) is 0 Å². The minimum atomic E-state index is -0.610. The van der Waals surface area contributed by atoms with Crippen molar-refractivity contribution in [3.63, 3.8) is 0 Å². The van der Waals surface area contributed by atoms with Crippen molar-refractivity contribution in [3.05, 3.63) is 11.7 Å². The summed E-state index contributed by atoms with van der Waals surface area (Å²) in [6, 6.07) is -0.731. The van der Waals surface area contributed by atoms with Crippen LogP contribution in [-0.2, 0) is 0 Å². The Balaban J connectivity index is 1.81. The molecule has 2 atom stereocenters. The molecule has 0 bridgehead atoms. The van der Waals surface area contributed by atoms with Crippen LogP contribution in [0, 0.1) is 5.41 Å². The van der Waals surface area contributed by atoms with Crippen molar-refractivity contribution in [3.8, 4) is 0 Å². The first-order valence-corrected chi connectivity index (χ1v) is 8.33. The molecular formula is C16H28N4O3. The van der Waals surface area contributed by atoms with Crippen molar-refractivity contribution >= 4 is 6.03 Å². The highest BCUT2D eigenvalue weighted by Gasteiger charge is 2.25. The van der Waals surface area contributed by atoms with Gasteiger partial charge in [-0.3, -0.25) is 0 Å². The molecule has 2 rings (SSSR count). The fraction of sp³-hybridized carbons (Fsp3) is 0.812. The van der Waals surface area contributed by atoms with Gasteiger partial charge >= 0.3 is 6.03 Å². The number of hydrogen-bond acceptors (Lipinski definition) is 5. The second-order valence-electron chi connectivity index (χ2n) is 7.43. The molecule has 1 aliphatic rings. The Labute approximate surface area is 137 Å². The maximum Gasteiger partial charge on any atom is 0.315 e. The number of amides is 2. The molecule has 1 fully saturated rings. The van der Waals surface area contributed by atoms with Crippen LogP contribution in [0.1, 0.15) is 77.1 Å². The van der Waals surface area contributed by atoms with Crippen LogP contribution in [0.4, 0.5) is 4.79 Å². The van der Waals surface area contributed by atoms with E-state index in [1.165, 1.54) is 12.8 Å². The van der Waals surface area contributed by atoms with Gasteiger partial charge in [0.2, 0.25) is 5.89 Å². The molecule has 0 aliphatic heterocycles. The summed E-state index contributed by atoms with van der Waals surface area (Å²) in [6.45, 7) is 7.75. The lowest BCUT2D eigenvalue weighted by molar-refractivity contribution is 0.0648. The first-order valence-electron chi connectivity index (χ1n) is 8.33. The third-order valence-electron chi connectivity index (χ3n) is 4.35. The summed E-state index contributed by atoms with van der Waals surface area (Å²) in [5, 5.41) is 19.4. The number of aliphatic hydroxyl groups is 1. The van der Waals surface area contributed by atoms with Crippen LogP contribution < -0.4 is 10.6 Å². The Morgan fingerprint density at radius 2 is 2.04 bits per heavy atom. The van der Waals surface area contributed by atoms with Crippen molar-refractivity contribution in [1.82, 2.24) is 20.8 Å². The maximum absolute atomic E-state index is 11.9. The molecule has 1 saturated carbocycles. The number of aliphatic hydroxyl groups excluding tert-OH is 1. The molecule has 0 radical (unpaired) electrons. The molecule has 130 valence electrons. The van der Waals surface area contributed by atoms with Crippen LogP contribution in [0.25, 0.3) is 0 Å². The number of nitrogens with one attached hydrogen (secondary N) is 2. The normalized spacial score (nSPS) is 18.7. The minimum Gasteiger partial charge on any atom is -0.391 e. The third kappa shape index (κ3) is 4.92. The summed E-state index contributed by atoms with van der Waals surface area (Å²) < 4.78 is 5.27. The van der Waals surface area contributed by atoms with Gasteiger partial charge in [0.05, 0.1) is 6.10 Å². The molecule has 1 heterocycles. The van der Waals surface area contributed by atoms with E-state index in [9.17, 15) is 9.90 Å². The molecule has 3 N–H and O–H groups in total. The van der Waals surface area contributed by atoms with Gasteiger partial charge in [-0.25, -0.2) is 4.79 Å². The molecule has 0 spiro atoms. The summed E-state index contributed by atoms with van der Waals surface area (Å²) >= 11 is 0. The van der Waals surface area contributed by atoms with Gasteiger partial charge in [0.15, 0.2) is 5.82 Å². The standard InChI is InChI=1S/C16H28N4O3/c1-10(18-15(22)17-9-12(21)16(2,3)4)14-19-13(20-23-14)11-7-5-6-8-11/h10-12,21H,5-9H2,1-4H3,(H2,17,18,22). The van der Waals surface area contributed by atoms with Gasteiger partial charge in [0.25, 0.3) is 0 Å². The second-order valence-corrected chi connectivity index (χ2v) is 7.43. The molecule has 1 aliphatic carbocycles. The maximum atomic E-state index is 11.9. The molecule has 7 nitrogen and oxygen atoms in total. The van der Waals surface area contributed by atoms with Gasteiger partial charge in [0.1, 0.15) is 6.04 Å². The van der Waals surface area contributed by atoms with Crippen molar-refractivity contribution in [2.24, 2.45) is 5.41 Å². The largest absolute Gasteiger partial charge is 0.391 e. The fourth-order valence-electron chi connectivity index (χ4n) is 2.58. The molecule has 7 heteroatoms. The van der Waals surface area contributed by atoms with E-state index >= 15 is 0 Å². The van der Waals surface area contributed by atoms with E-state index in [1.54, 1.807) is 6.92 Å². The fourth-order valence-corrected chi connectivity index (χ4v) is 2.58. The third-order valence-corrected chi connectivity index (χ3v) is 4.35. The highest BCUT2D eigenvalue weighted by atomic mass is 16.5. The zero-order valence-electron chi connectivity index (χ0n) is 14.4. The summed E-state index contributed by atoms with van der Waals surface area (Å²) in [5.41, 5.74) is -0.276. The molecule has 1 aromatic rings. The summed E-state index contributed by atoms with van der Waals surface area (Å²) in [6.07, 6.45) is 4.01. The average molecular weight is 324 g/mol. The SMILES string of the molecule is CC(NC(=O)NCC(O)C(C)(C)C)c1nc(C2CCCC2)no1. The first-order chi connectivity index (χ1) is 10.8. The quantitative estimate of drug-likeness (QED) is 0.772. The summed E-state index contributed by atoms with van der Waals surface area (Å²) in [5.74, 6) is 1.54. The summed E-state index contributed by atoms with van der Waals surface area (Å²) in [4.78, 5) is 16.3. The predicted octanol–water partition coefficient (Wildman–Crippen LogP) is 2.49. The van der Waals surface area contributed by atoms with Gasteiger partial charge < -0.3 is 20.3 Å². The molecule has 2 amide bonds. The van der Waals surface area contributed by atoms with Crippen LogP contribution in [-0.4, -0.2) is 33.9 Å². The number of hydrogen-bond donors (Lipinski definition) is 3. The van der Waals surface area contributed by atoms with Crippen LogP contribution in [0.5, 0.6) is 0 Å². The first kappa shape index (κ1) is 17.7. The van der Waals surface area contributed by atoms with Gasteiger partial charge in [0, 0.05) is 12.5 Å². The Morgan fingerprint density at radius 1 is 1.39 bits per heavy atom. The predicted molar refractivity (Wildman–Crippen MR) is 85.9 cm³/mol. The van der Waals surface area contributed by atoms with E-state index < -0.39 is 6.10 Å². The highest BCUT2D eigenvalue weighted by Crippen LogP contribution is 2.32. The Kier molecular flexibility index (Phi) is 5.62. The van der Waals surface area contributed by atoms with Crippen LogP contribution >= 0.6 is 0 Å². The number of nitrogens with zero attached hydrogens (tertiary/aromatic N) is 2. The van der Waals surface area contributed by atoms with Crippen molar-refractivity contribution < 1.29 is 14.4 Å². The minimum absolute atomic E-state index is 0.194. The van der Waals surface area contributed by atoms with E-state index in [4.69, 9.17) is 4.52 Å². The van der Waals surface area contributed by atoms with Crippen LogP contribution in [0.3, 0.4) is 0 Å². The zero-order valence-corrected chi connectivity index (χ0v) is 14.4. The van der Waals surface area contributed by atoms with Gasteiger partial charge in [-0.05, 0) is 25.2 Å². The molecule has 23 heavy (non-hydrogen) atoms. The number of carbonyl (C=O) groups is 1. The topological polar surface area (TPSA) is 100 Å². The van der Waals surface area contributed by atoms with Crippen LogP contribution in [0.2, 0.25) is 0 Å². The summed E-state index contributed by atoms with van der Waals surface area (Å²) in [7, 11) is 0. The number of rotatable bonds is 5. The van der Waals surface area contributed by atoms with Crippen LogP contribution in [0.15, 0.2) is 4.52 Å². The lowest BCUT2D eigenvalue weighted by Crippen LogP contribution is -2.44. The Bertz CT molecular complexity index is 518. The van der Waals surface area contributed by atoms with E-state index in [1.807, 2.05) is 20.8 Å². The second kappa shape index (κ2) is 7.29. The monoisotopic (exact) mass is 324 g/mol. The van der Waals surface area contributed by atoms with E-state index in [-0.39, 0.29) is 24.0 Å². The van der Waals surface area contributed by atoms with E-state index in [0.717, 1.165) is 18.7 Å². The lowest BCUT2D eigenvalue weighted by Gasteiger charge is -2.26. The number of carbonyl (C=O) groups excluding carboxylic acids is 1. The molecular weight excluding hydrogens is 296 g/mol. The smallest absolute Gasteiger partial charge is 0.315 e. The molecule has 1 aromatic heterocycles. The van der Waals surface area contributed by atoms with E-state index in [0.29, 0.717) is 11.8 Å². The van der Waals surface area contributed by atoms with Gasteiger partial charge in [-0.1, -0.05) is 38.8 Å². The highest BCUT2D eigenvalue weighted by molar-refractivity contribution is 5.74. The average Bonchev–Trinajstić information content (AvgIpc) is 3.13. The number of aromatic nitrogens is 2. The molecule has 0 aromatic carbocycles. The van der Waals surface area contributed by atoms with Gasteiger partial charge in [-0.15, -0.1) is 0 Å². The van der Waals surface area contributed by atoms with Crippen molar-refractivity contribution in [2.45, 2.75) is 71.4 Å². The zero-order chi connectivity index (χ0) is 17.0. The lowest BCUT2D eigenvalue weighted by atomic mass is 9.89. The number of urea groups is 1. The Hall–Kier alpha value is -1.63. The van der Waals surface area contributed by atoms with Gasteiger partial charge in [-0.2, -0.15) is 4.98 Å². The molecule has 0 saturated heterocycles. The molecule has 2 unspecified atom stereocenters.